The van der Waals surface area contributed by atoms with E-state index >= 15 is 0 Å². The molecule has 0 radical (unpaired) electrons. The van der Waals surface area contributed by atoms with Crippen LogP contribution in [0.2, 0.25) is 0 Å². The first kappa shape index (κ1) is 16.7. The van der Waals surface area contributed by atoms with Crippen LogP contribution in [0.15, 0.2) is 42.5 Å². The lowest BCUT2D eigenvalue weighted by molar-refractivity contribution is 0.00578. The first-order valence-electron chi connectivity index (χ1n) is 8.99. The predicted molar refractivity (Wildman–Crippen MR) is 104 cm³/mol. The average Bonchev–Trinajstić information content (AvgIpc) is 2.75. The number of hydrogen-bond acceptors (Lipinski definition) is 3. The van der Waals surface area contributed by atoms with Gasteiger partial charge in [0.2, 0.25) is 0 Å². The zero-order chi connectivity index (χ0) is 18.0. The van der Waals surface area contributed by atoms with Gasteiger partial charge in [0.05, 0.1) is 11.2 Å². The second kappa shape index (κ2) is 5.12. The first-order chi connectivity index (χ1) is 11.6. The van der Waals surface area contributed by atoms with E-state index < -0.39 is 0 Å². The fourth-order valence-electron chi connectivity index (χ4n) is 3.81. The Morgan fingerprint density at radius 1 is 0.760 bits per heavy atom. The van der Waals surface area contributed by atoms with E-state index in [1.165, 1.54) is 11.1 Å². The van der Waals surface area contributed by atoms with Crippen molar-refractivity contribution in [2.75, 3.05) is 5.32 Å². The third kappa shape index (κ3) is 2.35. The van der Waals surface area contributed by atoms with E-state index in [2.05, 4.69) is 89.3 Å². The van der Waals surface area contributed by atoms with Crippen LogP contribution in [0, 0.1) is 0 Å². The summed E-state index contributed by atoms with van der Waals surface area (Å²) >= 11 is 0. The average molecular weight is 335 g/mol. The molecule has 2 aromatic rings. The van der Waals surface area contributed by atoms with Crippen LogP contribution in [-0.2, 0) is 14.7 Å². The van der Waals surface area contributed by atoms with Crippen molar-refractivity contribution in [3.8, 4) is 0 Å². The van der Waals surface area contributed by atoms with E-state index in [-0.39, 0.29) is 23.7 Å². The molecule has 1 N–H and O–H groups in total. The lowest BCUT2D eigenvalue weighted by Crippen LogP contribution is -2.41. The summed E-state index contributed by atoms with van der Waals surface area (Å²) in [7, 11) is -0.367. The number of hydrogen-bond donors (Lipinski definition) is 1. The molecular formula is C21H26BNO2. The minimum Gasteiger partial charge on any atom is -0.399 e. The fourth-order valence-corrected chi connectivity index (χ4v) is 3.81. The van der Waals surface area contributed by atoms with Gasteiger partial charge >= 0.3 is 7.12 Å². The SMILES string of the molecule is CC1(C)c2ccccc2Nc2c(B3OC(C)(C)C(C)(C)O3)cccc21. The molecule has 0 atom stereocenters. The van der Waals surface area contributed by atoms with Crippen molar-refractivity contribution in [3.05, 3.63) is 53.6 Å². The van der Waals surface area contributed by atoms with Crippen LogP contribution < -0.4 is 10.8 Å². The van der Waals surface area contributed by atoms with Crippen molar-refractivity contribution in [1.82, 2.24) is 0 Å². The fraction of sp³-hybridized carbons (Fsp3) is 0.429. The van der Waals surface area contributed by atoms with Crippen LogP contribution in [-0.4, -0.2) is 18.3 Å². The molecule has 2 aliphatic rings. The summed E-state index contributed by atoms with van der Waals surface area (Å²) in [4.78, 5) is 0. The highest BCUT2D eigenvalue weighted by Gasteiger charge is 2.52. The van der Waals surface area contributed by atoms with Gasteiger partial charge in [0.15, 0.2) is 0 Å². The summed E-state index contributed by atoms with van der Waals surface area (Å²) in [5.74, 6) is 0. The highest BCUT2D eigenvalue weighted by Crippen LogP contribution is 2.45. The predicted octanol–water partition coefficient (Wildman–Crippen LogP) is 4.37. The molecule has 0 aliphatic carbocycles. The van der Waals surface area contributed by atoms with Crippen LogP contribution in [0.1, 0.15) is 52.7 Å². The quantitative estimate of drug-likeness (QED) is 0.785. The van der Waals surface area contributed by atoms with Crippen LogP contribution >= 0.6 is 0 Å². The third-order valence-electron chi connectivity index (χ3n) is 6.14. The van der Waals surface area contributed by atoms with Crippen molar-refractivity contribution in [2.24, 2.45) is 0 Å². The van der Waals surface area contributed by atoms with E-state index in [1.807, 2.05) is 0 Å². The number of benzene rings is 2. The Bertz CT molecular complexity index is 826. The van der Waals surface area contributed by atoms with Gasteiger partial charge in [0, 0.05) is 22.3 Å². The Labute approximate surface area is 150 Å². The van der Waals surface area contributed by atoms with Crippen molar-refractivity contribution >= 4 is 24.0 Å². The Morgan fingerprint density at radius 3 is 2.04 bits per heavy atom. The maximum Gasteiger partial charge on any atom is 0.496 e. The molecule has 0 bridgehead atoms. The maximum absolute atomic E-state index is 6.31. The molecule has 1 fully saturated rings. The molecule has 2 heterocycles. The number of rotatable bonds is 1. The number of para-hydroxylation sites is 2. The summed E-state index contributed by atoms with van der Waals surface area (Å²) in [6, 6.07) is 14.9. The normalized spacial score (nSPS) is 22.1. The first-order valence-corrected chi connectivity index (χ1v) is 8.99. The number of fused-ring (bicyclic) bond motifs is 2. The van der Waals surface area contributed by atoms with Crippen molar-refractivity contribution in [3.63, 3.8) is 0 Å². The summed E-state index contributed by atoms with van der Waals surface area (Å²) < 4.78 is 12.6. The van der Waals surface area contributed by atoms with E-state index in [0.717, 1.165) is 16.8 Å². The molecule has 0 unspecified atom stereocenters. The molecular weight excluding hydrogens is 309 g/mol. The Balaban J connectivity index is 1.83. The molecule has 0 spiro atoms. The zero-order valence-corrected chi connectivity index (χ0v) is 15.9. The molecule has 3 nitrogen and oxygen atoms in total. The van der Waals surface area contributed by atoms with Gasteiger partial charge in [0.25, 0.3) is 0 Å². The highest BCUT2D eigenvalue weighted by atomic mass is 16.7. The van der Waals surface area contributed by atoms with Crippen LogP contribution in [0.3, 0.4) is 0 Å². The van der Waals surface area contributed by atoms with Crippen molar-refractivity contribution in [1.29, 1.82) is 0 Å². The van der Waals surface area contributed by atoms with Gasteiger partial charge in [-0.25, -0.2) is 0 Å². The van der Waals surface area contributed by atoms with Crippen molar-refractivity contribution in [2.45, 2.75) is 58.2 Å². The van der Waals surface area contributed by atoms with Gasteiger partial charge in [-0.15, -0.1) is 0 Å². The third-order valence-corrected chi connectivity index (χ3v) is 6.14. The van der Waals surface area contributed by atoms with Crippen LogP contribution in [0.4, 0.5) is 11.4 Å². The summed E-state index contributed by atoms with van der Waals surface area (Å²) in [6.45, 7) is 12.9. The molecule has 25 heavy (non-hydrogen) atoms. The topological polar surface area (TPSA) is 30.5 Å². The largest absolute Gasteiger partial charge is 0.496 e. The molecule has 4 rings (SSSR count). The van der Waals surface area contributed by atoms with Gasteiger partial charge in [-0.2, -0.15) is 0 Å². The summed E-state index contributed by atoms with van der Waals surface area (Å²) in [5.41, 5.74) is 5.17. The summed E-state index contributed by atoms with van der Waals surface area (Å²) in [5, 5.41) is 3.64. The smallest absolute Gasteiger partial charge is 0.399 e. The number of nitrogens with one attached hydrogen (secondary N) is 1. The Morgan fingerprint density at radius 2 is 1.36 bits per heavy atom. The molecule has 2 aliphatic heterocycles. The second-order valence-corrected chi connectivity index (χ2v) is 8.65. The lowest BCUT2D eigenvalue weighted by atomic mass is 9.69. The Kier molecular flexibility index (Phi) is 3.42. The van der Waals surface area contributed by atoms with Gasteiger partial charge in [0.1, 0.15) is 0 Å². The van der Waals surface area contributed by atoms with E-state index in [4.69, 9.17) is 9.31 Å². The minimum absolute atomic E-state index is 0.0726. The Hall–Kier alpha value is -1.78. The highest BCUT2D eigenvalue weighted by molar-refractivity contribution is 6.64. The van der Waals surface area contributed by atoms with Gasteiger partial charge < -0.3 is 14.6 Å². The van der Waals surface area contributed by atoms with Gasteiger partial charge in [-0.3, -0.25) is 0 Å². The maximum atomic E-state index is 6.31. The number of anilines is 2. The lowest BCUT2D eigenvalue weighted by Gasteiger charge is -2.37. The monoisotopic (exact) mass is 335 g/mol. The van der Waals surface area contributed by atoms with Gasteiger partial charge in [-0.05, 0) is 44.9 Å². The van der Waals surface area contributed by atoms with Gasteiger partial charge in [-0.1, -0.05) is 50.2 Å². The van der Waals surface area contributed by atoms with E-state index in [1.54, 1.807) is 0 Å². The second-order valence-electron chi connectivity index (χ2n) is 8.65. The van der Waals surface area contributed by atoms with E-state index in [0.29, 0.717) is 0 Å². The minimum atomic E-state index is -0.367. The van der Waals surface area contributed by atoms with E-state index in [9.17, 15) is 0 Å². The molecule has 0 amide bonds. The zero-order valence-electron chi connectivity index (χ0n) is 15.9. The standard InChI is InChI=1S/C21H26BNO2/c1-19(2)14-10-7-8-13-17(14)23-18-15(19)11-9-12-16(18)22-24-20(3,4)21(5,6)25-22/h7-13,23H,1-6H3. The molecule has 1 saturated heterocycles. The summed E-state index contributed by atoms with van der Waals surface area (Å²) in [6.07, 6.45) is 0. The van der Waals surface area contributed by atoms with Crippen LogP contribution in [0.5, 0.6) is 0 Å². The molecule has 0 saturated carbocycles. The molecule has 2 aromatic carbocycles. The molecule has 4 heteroatoms. The molecule has 0 aromatic heterocycles. The molecule has 130 valence electrons. The van der Waals surface area contributed by atoms with Crippen molar-refractivity contribution < 1.29 is 9.31 Å². The van der Waals surface area contributed by atoms with Crippen LogP contribution in [0.25, 0.3) is 0 Å².